The van der Waals surface area contributed by atoms with E-state index >= 15 is 0 Å². The molecule has 136 valence electrons. The van der Waals surface area contributed by atoms with Crippen molar-refractivity contribution in [3.8, 4) is 17.3 Å². The molecule has 0 amide bonds. The van der Waals surface area contributed by atoms with Crippen LogP contribution in [0.25, 0.3) is 11.3 Å². The van der Waals surface area contributed by atoms with Gasteiger partial charge in [-0.1, -0.05) is 0 Å². The molecule has 1 aromatic carbocycles. The third-order valence-corrected chi connectivity index (χ3v) is 4.68. The molecular formula is C20H23FN4O. The van der Waals surface area contributed by atoms with Crippen molar-refractivity contribution < 1.29 is 9.13 Å². The quantitative estimate of drug-likeness (QED) is 0.713. The maximum Gasteiger partial charge on any atom is 0.132 e. The van der Waals surface area contributed by atoms with E-state index in [1.807, 2.05) is 6.07 Å². The summed E-state index contributed by atoms with van der Waals surface area (Å²) in [7, 11) is 0. The predicted molar refractivity (Wildman–Crippen MR) is 96.9 cm³/mol. The fourth-order valence-corrected chi connectivity index (χ4v) is 3.18. The van der Waals surface area contributed by atoms with Gasteiger partial charge >= 0.3 is 0 Å². The first-order valence-corrected chi connectivity index (χ1v) is 9.02. The van der Waals surface area contributed by atoms with Crippen LogP contribution in [-0.2, 0) is 4.74 Å². The lowest BCUT2D eigenvalue weighted by atomic mass is 9.95. The molecule has 1 aliphatic rings. The molecular weight excluding hydrogens is 331 g/mol. The minimum absolute atomic E-state index is 0.244. The van der Waals surface area contributed by atoms with E-state index in [1.54, 1.807) is 18.3 Å². The molecule has 6 heteroatoms. The number of ether oxygens (including phenoxy) is 1. The van der Waals surface area contributed by atoms with Gasteiger partial charge in [0.1, 0.15) is 11.6 Å². The van der Waals surface area contributed by atoms with Crippen molar-refractivity contribution >= 4 is 0 Å². The molecule has 1 aliphatic heterocycles. The highest BCUT2D eigenvalue weighted by Gasteiger charge is 2.22. The topological polar surface area (TPSA) is 62.0 Å². The number of halogens is 1. The second-order valence-electron chi connectivity index (χ2n) is 6.44. The Hall–Kier alpha value is -2.36. The molecule has 1 saturated heterocycles. The molecule has 0 saturated carbocycles. The Morgan fingerprint density at radius 1 is 1.15 bits per heavy atom. The van der Waals surface area contributed by atoms with Crippen LogP contribution < -0.4 is 0 Å². The van der Waals surface area contributed by atoms with Crippen LogP contribution in [0.4, 0.5) is 4.39 Å². The van der Waals surface area contributed by atoms with E-state index in [4.69, 9.17) is 15.0 Å². The van der Waals surface area contributed by atoms with Crippen LogP contribution in [0, 0.1) is 17.1 Å². The standard InChI is InChI=1S/C20H23FN4O/c21-18-4-2-16(3-5-18)19-6-10-23-20(24-19)17-7-11-25(12-8-17)13-15-26-14-1-9-22/h2-6,10,17H,1,7-8,11-15H2. The van der Waals surface area contributed by atoms with Crippen LogP contribution in [0.1, 0.15) is 31.0 Å². The number of likely N-dealkylation sites (tertiary alicyclic amines) is 1. The van der Waals surface area contributed by atoms with Crippen LogP contribution in [0.5, 0.6) is 0 Å². The Morgan fingerprint density at radius 3 is 2.65 bits per heavy atom. The first-order chi connectivity index (χ1) is 12.8. The Kier molecular flexibility index (Phi) is 6.64. The average molecular weight is 354 g/mol. The van der Waals surface area contributed by atoms with Crippen LogP contribution in [0.2, 0.25) is 0 Å². The smallest absolute Gasteiger partial charge is 0.132 e. The molecule has 0 bridgehead atoms. The van der Waals surface area contributed by atoms with E-state index in [0.29, 0.717) is 25.6 Å². The number of nitriles is 1. The molecule has 0 atom stereocenters. The van der Waals surface area contributed by atoms with Gasteiger partial charge in [-0.15, -0.1) is 0 Å². The number of nitrogens with zero attached hydrogens (tertiary/aromatic N) is 4. The van der Waals surface area contributed by atoms with Crippen LogP contribution in [-0.4, -0.2) is 47.7 Å². The Bertz CT molecular complexity index is 736. The number of hydrogen-bond acceptors (Lipinski definition) is 5. The van der Waals surface area contributed by atoms with Gasteiger partial charge in [-0.25, -0.2) is 14.4 Å². The highest BCUT2D eigenvalue weighted by atomic mass is 19.1. The van der Waals surface area contributed by atoms with Crippen molar-refractivity contribution in [2.45, 2.75) is 25.2 Å². The lowest BCUT2D eigenvalue weighted by Crippen LogP contribution is -2.35. The van der Waals surface area contributed by atoms with Gasteiger partial charge in [0.25, 0.3) is 0 Å². The van der Waals surface area contributed by atoms with E-state index in [-0.39, 0.29) is 5.82 Å². The number of piperidine rings is 1. The molecule has 0 radical (unpaired) electrons. The van der Waals surface area contributed by atoms with Crippen molar-refractivity contribution in [1.29, 1.82) is 5.26 Å². The summed E-state index contributed by atoms with van der Waals surface area (Å²) in [5.74, 6) is 0.981. The van der Waals surface area contributed by atoms with Crippen molar-refractivity contribution in [3.05, 3.63) is 48.2 Å². The molecule has 5 nitrogen and oxygen atoms in total. The largest absolute Gasteiger partial charge is 0.379 e. The Labute approximate surface area is 153 Å². The maximum absolute atomic E-state index is 13.1. The normalized spacial score (nSPS) is 15.7. The lowest BCUT2D eigenvalue weighted by molar-refractivity contribution is 0.0967. The maximum atomic E-state index is 13.1. The Morgan fingerprint density at radius 2 is 1.92 bits per heavy atom. The van der Waals surface area contributed by atoms with Gasteiger partial charge in [0.05, 0.1) is 31.4 Å². The summed E-state index contributed by atoms with van der Waals surface area (Å²) in [6, 6.07) is 10.3. The first-order valence-electron chi connectivity index (χ1n) is 9.02. The zero-order valence-corrected chi connectivity index (χ0v) is 14.8. The van der Waals surface area contributed by atoms with Gasteiger partial charge < -0.3 is 9.64 Å². The monoisotopic (exact) mass is 354 g/mol. The van der Waals surface area contributed by atoms with E-state index in [2.05, 4.69) is 16.0 Å². The molecule has 3 rings (SSSR count). The van der Waals surface area contributed by atoms with Crippen molar-refractivity contribution in [2.24, 2.45) is 0 Å². The molecule has 2 heterocycles. The summed E-state index contributed by atoms with van der Waals surface area (Å²) in [4.78, 5) is 11.6. The molecule has 0 N–H and O–H groups in total. The summed E-state index contributed by atoms with van der Waals surface area (Å²) in [5.41, 5.74) is 1.74. The Balaban J connectivity index is 1.52. The molecule has 1 aromatic heterocycles. The summed E-state index contributed by atoms with van der Waals surface area (Å²) < 4.78 is 18.5. The summed E-state index contributed by atoms with van der Waals surface area (Å²) >= 11 is 0. The molecule has 26 heavy (non-hydrogen) atoms. The minimum atomic E-state index is -0.244. The number of aromatic nitrogens is 2. The fraction of sp³-hybridized carbons (Fsp3) is 0.450. The third kappa shape index (κ3) is 5.07. The first kappa shape index (κ1) is 18.4. The van der Waals surface area contributed by atoms with Gasteiger partial charge in [-0.2, -0.15) is 5.26 Å². The average Bonchev–Trinajstić information content (AvgIpc) is 2.69. The lowest BCUT2D eigenvalue weighted by Gasteiger charge is -2.31. The van der Waals surface area contributed by atoms with Crippen molar-refractivity contribution in [2.75, 3.05) is 32.8 Å². The van der Waals surface area contributed by atoms with E-state index < -0.39 is 0 Å². The number of hydrogen-bond donors (Lipinski definition) is 0. The molecule has 0 spiro atoms. The summed E-state index contributed by atoms with van der Waals surface area (Å²) in [6.07, 6.45) is 4.27. The SMILES string of the molecule is N#CCCOCCN1CCC(c2nccc(-c3ccc(F)cc3)n2)CC1. The molecule has 0 unspecified atom stereocenters. The van der Waals surface area contributed by atoms with E-state index in [0.717, 1.165) is 49.6 Å². The zero-order valence-electron chi connectivity index (χ0n) is 14.8. The second kappa shape index (κ2) is 9.37. The van der Waals surface area contributed by atoms with Gasteiger partial charge in [0.2, 0.25) is 0 Å². The van der Waals surface area contributed by atoms with Crippen molar-refractivity contribution in [1.82, 2.24) is 14.9 Å². The van der Waals surface area contributed by atoms with E-state index in [9.17, 15) is 4.39 Å². The van der Waals surface area contributed by atoms with Crippen molar-refractivity contribution in [3.63, 3.8) is 0 Å². The zero-order chi connectivity index (χ0) is 18.2. The van der Waals surface area contributed by atoms with Gasteiger partial charge in [-0.05, 0) is 56.3 Å². The van der Waals surface area contributed by atoms with Gasteiger partial charge in [0, 0.05) is 24.2 Å². The van der Waals surface area contributed by atoms with Gasteiger partial charge in [0.15, 0.2) is 0 Å². The summed E-state index contributed by atoms with van der Waals surface area (Å²) in [5, 5.41) is 8.49. The van der Waals surface area contributed by atoms with Crippen LogP contribution in [0.15, 0.2) is 36.5 Å². The van der Waals surface area contributed by atoms with Crippen LogP contribution in [0.3, 0.4) is 0 Å². The number of benzene rings is 1. The summed E-state index contributed by atoms with van der Waals surface area (Å²) in [6.45, 7) is 4.07. The highest BCUT2D eigenvalue weighted by Crippen LogP contribution is 2.27. The molecule has 2 aromatic rings. The molecule has 1 fully saturated rings. The van der Waals surface area contributed by atoms with Crippen LogP contribution >= 0.6 is 0 Å². The second-order valence-corrected chi connectivity index (χ2v) is 6.44. The molecule has 0 aliphatic carbocycles. The highest BCUT2D eigenvalue weighted by molar-refractivity contribution is 5.58. The minimum Gasteiger partial charge on any atom is -0.379 e. The predicted octanol–water partition coefficient (Wildman–Crippen LogP) is 3.39. The van der Waals surface area contributed by atoms with Gasteiger partial charge in [-0.3, -0.25) is 0 Å². The fourth-order valence-electron chi connectivity index (χ4n) is 3.18. The third-order valence-electron chi connectivity index (χ3n) is 4.68. The number of rotatable bonds is 7. The van der Waals surface area contributed by atoms with E-state index in [1.165, 1.54) is 12.1 Å².